The Balaban J connectivity index is 1.94. The molecule has 6 heteroatoms. The minimum absolute atomic E-state index is 0.137. The van der Waals surface area contributed by atoms with Gasteiger partial charge in [0.05, 0.1) is 22.3 Å². The molecule has 1 fully saturated rings. The molecule has 1 aliphatic heterocycles. The summed E-state index contributed by atoms with van der Waals surface area (Å²) in [6.45, 7) is 5.25. The zero-order chi connectivity index (χ0) is 15.6. The van der Waals surface area contributed by atoms with Crippen LogP contribution in [0, 0.1) is 6.92 Å². The first-order chi connectivity index (χ1) is 9.90. The molecule has 21 heavy (non-hydrogen) atoms. The zero-order valence-corrected chi connectivity index (χ0v) is 13.9. The minimum atomic E-state index is -0.528. The van der Waals surface area contributed by atoms with Gasteiger partial charge in [-0.15, -0.1) is 0 Å². The number of nitrogens with two attached hydrogens (primary N) is 1. The number of aliphatic hydroxyl groups excluding tert-OH is 1. The van der Waals surface area contributed by atoms with Crippen LogP contribution in [0.4, 0.5) is 0 Å². The van der Waals surface area contributed by atoms with Crippen molar-refractivity contribution in [2.24, 2.45) is 5.73 Å². The van der Waals surface area contributed by atoms with E-state index >= 15 is 0 Å². The van der Waals surface area contributed by atoms with E-state index in [1.165, 1.54) is 0 Å². The topological polar surface area (TPSA) is 58.7 Å². The number of hydrogen-bond acceptors (Lipinski definition) is 4. The van der Waals surface area contributed by atoms with Gasteiger partial charge in [0.1, 0.15) is 11.9 Å². The number of ether oxygens (including phenoxy) is 1. The van der Waals surface area contributed by atoms with Gasteiger partial charge < -0.3 is 15.6 Å². The highest BCUT2D eigenvalue weighted by molar-refractivity contribution is 6.42. The van der Waals surface area contributed by atoms with Gasteiger partial charge in [-0.05, 0) is 38.8 Å². The van der Waals surface area contributed by atoms with Crippen LogP contribution >= 0.6 is 23.2 Å². The van der Waals surface area contributed by atoms with E-state index in [1.807, 2.05) is 13.0 Å². The molecule has 2 atom stereocenters. The van der Waals surface area contributed by atoms with Gasteiger partial charge >= 0.3 is 0 Å². The van der Waals surface area contributed by atoms with Crippen molar-refractivity contribution in [3.63, 3.8) is 0 Å². The molecule has 1 saturated heterocycles. The van der Waals surface area contributed by atoms with Crippen LogP contribution in [0.15, 0.2) is 12.1 Å². The molecule has 118 valence electrons. The van der Waals surface area contributed by atoms with Gasteiger partial charge in [-0.3, -0.25) is 4.90 Å². The van der Waals surface area contributed by atoms with Crippen LogP contribution in [0.2, 0.25) is 10.0 Å². The first-order valence-electron chi connectivity index (χ1n) is 7.19. The predicted molar refractivity (Wildman–Crippen MR) is 86.1 cm³/mol. The molecule has 1 unspecified atom stereocenters. The number of piperidine rings is 1. The highest BCUT2D eigenvalue weighted by atomic mass is 35.5. The molecule has 1 aromatic carbocycles. The van der Waals surface area contributed by atoms with E-state index in [0.717, 1.165) is 37.2 Å². The van der Waals surface area contributed by atoms with Crippen molar-refractivity contribution in [2.75, 3.05) is 13.1 Å². The van der Waals surface area contributed by atoms with Crippen LogP contribution in [0.25, 0.3) is 0 Å². The Bertz CT molecular complexity index is 489. The molecule has 0 spiro atoms. The fraction of sp³-hybridized carbons (Fsp3) is 0.600. The number of halogens is 2. The minimum Gasteiger partial charge on any atom is -0.490 e. The second-order valence-corrected chi connectivity index (χ2v) is 6.35. The number of aliphatic hydroxyl groups is 1. The molecular formula is C15H22Cl2N2O2. The fourth-order valence-electron chi connectivity index (χ4n) is 2.54. The molecule has 3 N–H and O–H groups in total. The third kappa shape index (κ3) is 4.02. The fourth-order valence-corrected chi connectivity index (χ4v) is 2.90. The van der Waals surface area contributed by atoms with Gasteiger partial charge in [0.25, 0.3) is 0 Å². The van der Waals surface area contributed by atoms with Crippen molar-refractivity contribution in [2.45, 2.75) is 45.1 Å². The maximum absolute atomic E-state index is 9.54. The van der Waals surface area contributed by atoms with Gasteiger partial charge in [0, 0.05) is 18.7 Å². The van der Waals surface area contributed by atoms with Crippen molar-refractivity contribution in [1.82, 2.24) is 4.90 Å². The van der Waals surface area contributed by atoms with Crippen LogP contribution in [-0.2, 0) is 0 Å². The average Bonchev–Trinajstić information content (AvgIpc) is 2.48. The van der Waals surface area contributed by atoms with Gasteiger partial charge in [0.15, 0.2) is 0 Å². The SMILES string of the molecule is Cc1c(OC2CCN(C(N)[C@@H](C)O)CC2)ccc(Cl)c1Cl. The summed E-state index contributed by atoms with van der Waals surface area (Å²) in [6, 6.07) is 3.61. The normalized spacial score (nSPS) is 20.3. The Morgan fingerprint density at radius 2 is 1.95 bits per heavy atom. The van der Waals surface area contributed by atoms with E-state index in [9.17, 15) is 5.11 Å². The second-order valence-electron chi connectivity index (χ2n) is 5.57. The van der Waals surface area contributed by atoms with Crippen LogP contribution in [-0.4, -0.2) is 41.5 Å². The highest BCUT2D eigenvalue weighted by Gasteiger charge is 2.26. The van der Waals surface area contributed by atoms with Crippen LogP contribution in [0.3, 0.4) is 0 Å². The lowest BCUT2D eigenvalue weighted by molar-refractivity contribution is 0.0233. The predicted octanol–water partition coefficient (Wildman–Crippen LogP) is 2.81. The first kappa shape index (κ1) is 16.8. The number of likely N-dealkylation sites (tertiary alicyclic amines) is 1. The van der Waals surface area contributed by atoms with E-state index in [-0.39, 0.29) is 12.3 Å². The largest absolute Gasteiger partial charge is 0.490 e. The monoisotopic (exact) mass is 332 g/mol. The van der Waals surface area contributed by atoms with E-state index in [2.05, 4.69) is 4.90 Å². The van der Waals surface area contributed by atoms with Crippen molar-refractivity contribution in [3.8, 4) is 5.75 Å². The van der Waals surface area contributed by atoms with Gasteiger partial charge in [-0.2, -0.15) is 0 Å². The van der Waals surface area contributed by atoms with E-state index < -0.39 is 6.10 Å². The van der Waals surface area contributed by atoms with E-state index in [1.54, 1.807) is 13.0 Å². The maximum Gasteiger partial charge on any atom is 0.124 e. The third-order valence-corrected chi connectivity index (χ3v) is 4.87. The molecule has 0 aliphatic carbocycles. The first-order valence-corrected chi connectivity index (χ1v) is 7.94. The Morgan fingerprint density at radius 3 is 2.52 bits per heavy atom. The Morgan fingerprint density at radius 1 is 1.33 bits per heavy atom. The van der Waals surface area contributed by atoms with Crippen LogP contribution < -0.4 is 10.5 Å². The smallest absolute Gasteiger partial charge is 0.124 e. The molecule has 0 aromatic heterocycles. The van der Waals surface area contributed by atoms with Crippen LogP contribution in [0.1, 0.15) is 25.3 Å². The number of nitrogens with zero attached hydrogens (tertiary/aromatic N) is 1. The summed E-state index contributed by atoms with van der Waals surface area (Å²) in [7, 11) is 0. The Hall–Kier alpha value is -0.520. The van der Waals surface area contributed by atoms with E-state index in [0.29, 0.717) is 10.0 Å². The third-order valence-electron chi connectivity index (χ3n) is 3.98. The van der Waals surface area contributed by atoms with E-state index in [4.69, 9.17) is 33.7 Å². The summed E-state index contributed by atoms with van der Waals surface area (Å²) in [4.78, 5) is 2.09. The molecule has 0 saturated carbocycles. The van der Waals surface area contributed by atoms with Gasteiger partial charge in [-0.1, -0.05) is 23.2 Å². The lowest BCUT2D eigenvalue weighted by atomic mass is 10.1. The van der Waals surface area contributed by atoms with Crippen molar-refractivity contribution in [1.29, 1.82) is 0 Å². The summed E-state index contributed by atoms with van der Waals surface area (Å²) < 4.78 is 6.04. The lowest BCUT2D eigenvalue weighted by Gasteiger charge is -2.37. The molecule has 1 aliphatic rings. The Labute approximate surface area is 135 Å². The molecule has 0 bridgehead atoms. The van der Waals surface area contributed by atoms with Crippen molar-refractivity contribution >= 4 is 23.2 Å². The summed E-state index contributed by atoms with van der Waals surface area (Å²) >= 11 is 12.1. The molecule has 1 heterocycles. The van der Waals surface area contributed by atoms with Crippen molar-refractivity contribution < 1.29 is 9.84 Å². The number of benzene rings is 1. The quantitative estimate of drug-likeness (QED) is 0.890. The van der Waals surface area contributed by atoms with Crippen LogP contribution in [0.5, 0.6) is 5.75 Å². The maximum atomic E-state index is 9.54. The Kier molecular flexibility index (Phi) is 5.74. The molecule has 0 amide bonds. The number of rotatable bonds is 4. The summed E-state index contributed by atoms with van der Waals surface area (Å²) in [6.07, 6.45) is 1.05. The molecule has 2 rings (SSSR count). The summed E-state index contributed by atoms with van der Waals surface area (Å²) in [5.74, 6) is 0.780. The molecule has 0 radical (unpaired) electrons. The summed E-state index contributed by atoms with van der Waals surface area (Å²) in [5, 5.41) is 10.6. The lowest BCUT2D eigenvalue weighted by Crippen LogP contribution is -2.53. The van der Waals surface area contributed by atoms with Gasteiger partial charge in [0.2, 0.25) is 0 Å². The molecular weight excluding hydrogens is 311 g/mol. The average molecular weight is 333 g/mol. The molecule has 1 aromatic rings. The summed E-state index contributed by atoms with van der Waals surface area (Å²) in [5.41, 5.74) is 6.82. The second kappa shape index (κ2) is 7.16. The van der Waals surface area contributed by atoms with Crippen molar-refractivity contribution in [3.05, 3.63) is 27.7 Å². The number of hydrogen-bond donors (Lipinski definition) is 2. The highest BCUT2D eigenvalue weighted by Crippen LogP contribution is 2.33. The zero-order valence-electron chi connectivity index (χ0n) is 12.4. The standard InChI is InChI=1S/C15H22Cl2N2O2/c1-9-13(4-3-12(16)14(9)17)21-11-5-7-19(8-6-11)15(18)10(2)20/h3-4,10-11,15,20H,5-8,18H2,1-2H3/t10-,15?/m1/s1. The van der Waals surface area contributed by atoms with Gasteiger partial charge in [-0.25, -0.2) is 0 Å². The molecule has 4 nitrogen and oxygen atoms in total.